The van der Waals surface area contributed by atoms with Gasteiger partial charge in [0.2, 0.25) is 5.91 Å². The third kappa shape index (κ3) is 3.95. The lowest BCUT2D eigenvalue weighted by Gasteiger charge is -2.31. The summed E-state index contributed by atoms with van der Waals surface area (Å²) in [6.45, 7) is 5.39. The lowest BCUT2D eigenvalue weighted by Crippen LogP contribution is -2.39. The van der Waals surface area contributed by atoms with Gasteiger partial charge in [0.1, 0.15) is 5.82 Å². The first-order valence-corrected chi connectivity index (χ1v) is 10.1. The Morgan fingerprint density at radius 1 is 1.15 bits per heavy atom. The number of thioether (sulfide) groups is 1. The van der Waals surface area contributed by atoms with E-state index in [0.717, 1.165) is 48.8 Å². The summed E-state index contributed by atoms with van der Waals surface area (Å²) < 4.78 is 2.05. The normalized spacial score (nSPS) is 15.4. The van der Waals surface area contributed by atoms with E-state index >= 15 is 0 Å². The van der Waals surface area contributed by atoms with Crippen molar-refractivity contribution in [2.24, 2.45) is 0 Å². The fourth-order valence-corrected chi connectivity index (χ4v) is 4.35. The summed E-state index contributed by atoms with van der Waals surface area (Å²) >= 11 is 1.41. The molecule has 140 valence electrons. The SMILES string of the molecule is Cc1cc(C)nc(SCC(=O)N2CCC(c3nnc4ccccn34)CC2)n1. The number of rotatable bonds is 4. The van der Waals surface area contributed by atoms with E-state index in [1.807, 2.05) is 49.2 Å². The van der Waals surface area contributed by atoms with Gasteiger partial charge in [-0.15, -0.1) is 10.2 Å². The van der Waals surface area contributed by atoms with Crippen molar-refractivity contribution in [2.75, 3.05) is 18.8 Å². The van der Waals surface area contributed by atoms with E-state index in [1.54, 1.807) is 0 Å². The molecule has 1 aliphatic heterocycles. The molecule has 0 atom stereocenters. The molecule has 3 aromatic heterocycles. The van der Waals surface area contributed by atoms with Crippen LogP contribution in [0.5, 0.6) is 0 Å². The Hall–Kier alpha value is -2.48. The standard InChI is InChI=1S/C19H22N6OS/c1-13-11-14(2)21-19(20-13)27-12-17(26)24-9-6-15(7-10-24)18-23-22-16-5-3-4-8-25(16)18/h3-5,8,11,15H,6-7,9-10,12H2,1-2H3. The van der Waals surface area contributed by atoms with Crippen LogP contribution in [0.1, 0.15) is 36.0 Å². The lowest BCUT2D eigenvalue weighted by molar-refractivity contribution is -0.129. The van der Waals surface area contributed by atoms with Crippen molar-refractivity contribution in [2.45, 2.75) is 37.8 Å². The molecule has 0 aliphatic carbocycles. The second kappa shape index (κ2) is 7.64. The van der Waals surface area contributed by atoms with E-state index in [2.05, 4.69) is 24.6 Å². The van der Waals surface area contributed by atoms with Crippen LogP contribution >= 0.6 is 11.8 Å². The fraction of sp³-hybridized carbons (Fsp3) is 0.421. The minimum atomic E-state index is 0.146. The van der Waals surface area contributed by atoms with Crippen molar-refractivity contribution in [3.63, 3.8) is 0 Å². The first-order valence-electron chi connectivity index (χ1n) is 9.12. The van der Waals surface area contributed by atoms with Gasteiger partial charge in [-0.3, -0.25) is 9.20 Å². The number of carbonyl (C=O) groups is 1. The summed E-state index contributed by atoms with van der Waals surface area (Å²) in [4.78, 5) is 23.3. The van der Waals surface area contributed by atoms with Crippen molar-refractivity contribution >= 4 is 23.3 Å². The molecule has 3 aromatic rings. The molecule has 27 heavy (non-hydrogen) atoms. The number of nitrogens with zero attached hydrogens (tertiary/aromatic N) is 6. The summed E-state index contributed by atoms with van der Waals surface area (Å²) in [5, 5.41) is 9.28. The number of hydrogen-bond donors (Lipinski definition) is 0. The van der Waals surface area contributed by atoms with Gasteiger partial charge in [-0.05, 0) is 44.9 Å². The van der Waals surface area contributed by atoms with Gasteiger partial charge in [-0.25, -0.2) is 9.97 Å². The zero-order valence-corrected chi connectivity index (χ0v) is 16.3. The number of piperidine rings is 1. The molecule has 0 radical (unpaired) electrons. The van der Waals surface area contributed by atoms with Crippen molar-refractivity contribution in [1.82, 2.24) is 29.5 Å². The molecule has 0 spiro atoms. The van der Waals surface area contributed by atoms with Gasteiger partial charge in [-0.2, -0.15) is 0 Å². The molecule has 1 fully saturated rings. The van der Waals surface area contributed by atoms with Crippen LogP contribution in [0.2, 0.25) is 0 Å². The second-order valence-electron chi connectivity index (χ2n) is 6.86. The number of fused-ring (bicyclic) bond motifs is 1. The van der Waals surface area contributed by atoms with Gasteiger partial charge in [0.05, 0.1) is 5.75 Å². The summed E-state index contributed by atoms with van der Waals surface area (Å²) in [7, 11) is 0. The molecule has 1 amide bonds. The quantitative estimate of drug-likeness (QED) is 0.510. The fourth-order valence-electron chi connectivity index (χ4n) is 3.50. The third-order valence-corrected chi connectivity index (χ3v) is 5.67. The molecule has 1 saturated heterocycles. The van der Waals surface area contributed by atoms with Crippen molar-refractivity contribution in [1.29, 1.82) is 0 Å². The van der Waals surface area contributed by atoms with Crippen LogP contribution in [-0.2, 0) is 4.79 Å². The van der Waals surface area contributed by atoms with Crippen LogP contribution in [0, 0.1) is 13.8 Å². The largest absolute Gasteiger partial charge is 0.342 e. The molecule has 1 aliphatic rings. The maximum absolute atomic E-state index is 12.6. The highest BCUT2D eigenvalue weighted by atomic mass is 32.2. The van der Waals surface area contributed by atoms with Crippen molar-refractivity contribution in [3.05, 3.63) is 47.7 Å². The summed E-state index contributed by atoms with van der Waals surface area (Å²) in [5.41, 5.74) is 2.73. The van der Waals surface area contributed by atoms with Gasteiger partial charge in [0.15, 0.2) is 10.8 Å². The molecule has 8 heteroatoms. The van der Waals surface area contributed by atoms with E-state index in [1.165, 1.54) is 11.8 Å². The highest BCUT2D eigenvalue weighted by Crippen LogP contribution is 2.27. The average molecular weight is 382 g/mol. The zero-order valence-electron chi connectivity index (χ0n) is 15.5. The topological polar surface area (TPSA) is 76.3 Å². The van der Waals surface area contributed by atoms with E-state index in [-0.39, 0.29) is 5.91 Å². The minimum Gasteiger partial charge on any atom is -0.342 e. The second-order valence-corrected chi connectivity index (χ2v) is 7.81. The number of carbonyl (C=O) groups excluding carboxylic acids is 1. The number of likely N-dealkylation sites (tertiary alicyclic amines) is 1. The molecule has 0 unspecified atom stereocenters. The van der Waals surface area contributed by atoms with Gasteiger partial charge in [0.25, 0.3) is 0 Å². The molecular weight excluding hydrogens is 360 g/mol. The first-order chi connectivity index (χ1) is 13.1. The highest BCUT2D eigenvalue weighted by Gasteiger charge is 2.26. The van der Waals surface area contributed by atoms with Gasteiger partial charge in [-0.1, -0.05) is 17.8 Å². The maximum Gasteiger partial charge on any atom is 0.233 e. The summed E-state index contributed by atoms with van der Waals surface area (Å²) in [6, 6.07) is 7.85. The van der Waals surface area contributed by atoms with Crippen LogP contribution in [0.25, 0.3) is 5.65 Å². The van der Waals surface area contributed by atoms with Crippen LogP contribution in [0.15, 0.2) is 35.6 Å². The van der Waals surface area contributed by atoms with Crippen molar-refractivity contribution < 1.29 is 4.79 Å². The number of amides is 1. The van der Waals surface area contributed by atoms with Crippen LogP contribution in [0.3, 0.4) is 0 Å². The molecule has 4 heterocycles. The predicted molar refractivity (Wildman–Crippen MR) is 104 cm³/mol. The Balaban J connectivity index is 1.34. The summed E-state index contributed by atoms with van der Waals surface area (Å²) in [5.74, 6) is 1.85. The van der Waals surface area contributed by atoms with Gasteiger partial charge < -0.3 is 4.90 Å². The summed E-state index contributed by atoms with van der Waals surface area (Å²) in [6.07, 6.45) is 3.82. The van der Waals surface area contributed by atoms with E-state index in [4.69, 9.17) is 0 Å². The molecule has 0 N–H and O–H groups in total. The number of hydrogen-bond acceptors (Lipinski definition) is 6. The Labute approximate surface area is 162 Å². The van der Waals surface area contributed by atoms with Crippen LogP contribution in [-0.4, -0.2) is 54.2 Å². The first kappa shape index (κ1) is 17.9. The number of pyridine rings is 1. The zero-order chi connectivity index (χ0) is 18.8. The Kier molecular flexibility index (Phi) is 5.07. The molecule has 4 rings (SSSR count). The maximum atomic E-state index is 12.6. The van der Waals surface area contributed by atoms with Gasteiger partial charge in [0, 0.05) is 36.6 Å². The molecule has 7 nitrogen and oxygen atoms in total. The van der Waals surface area contributed by atoms with Gasteiger partial charge >= 0.3 is 0 Å². The molecule has 0 aromatic carbocycles. The van der Waals surface area contributed by atoms with E-state index in [0.29, 0.717) is 16.8 Å². The number of aryl methyl sites for hydroxylation is 2. The Morgan fingerprint density at radius 2 is 1.89 bits per heavy atom. The molecule has 0 saturated carbocycles. The Bertz CT molecular complexity index is 943. The Morgan fingerprint density at radius 3 is 2.63 bits per heavy atom. The van der Waals surface area contributed by atoms with Crippen LogP contribution in [0.4, 0.5) is 0 Å². The van der Waals surface area contributed by atoms with E-state index in [9.17, 15) is 4.79 Å². The smallest absolute Gasteiger partial charge is 0.233 e. The van der Waals surface area contributed by atoms with Crippen LogP contribution < -0.4 is 0 Å². The van der Waals surface area contributed by atoms with E-state index < -0.39 is 0 Å². The van der Waals surface area contributed by atoms with Crippen molar-refractivity contribution in [3.8, 4) is 0 Å². The predicted octanol–water partition coefficient (Wildman–Crippen LogP) is 2.63. The lowest BCUT2D eigenvalue weighted by atomic mass is 9.96. The minimum absolute atomic E-state index is 0.146. The average Bonchev–Trinajstić information content (AvgIpc) is 3.10. The molecular formula is C19H22N6OS. The molecule has 0 bridgehead atoms. The number of aromatic nitrogens is 5. The highest BCUT2D eigenvalue weighted by molar-refractivity contribution is 7.99. The third-order valence-electron chi connectivity index (χ3n) is 4.84. The monoisotopic (exact) mass is 382 g/mol.